The van der Waals surface area contributed by atoms with E-state index in [1.165, 1.54) is 12.1 Å². The van der Waals surface area contributed by atoms with E-state index < -0.39 is 0 Å². The van der Waals surface area contributed by atoms with Crippen molar-refractivity contribution in [1.82, 2.24) is 5.32 Å². The molecule has 0 heterocycles. The average Bonchev–Trinajstić information content (AvgIpc) is 2.42. The fraction of sp³-hybridized carbons (Fsp3) is 0.250. The van der Waals surface area contributed by atoms with Gasteiger partial charge in [-0.25, -0.2) is 0 Å². The minimum Gasteiger partial charge on any atom is -0.508 e. The largest absolute Gasteiger partial charge is 0.508 e. The normalized spacial score (nSPS) is 13.9. The Labute approximate surface area is 123 Å². The van der Waals surface area contributed by atoms with E-state index in [1.807, 2.05) is 38.1 Å². The number of benzene rings is 2. The summed E-state index contributed by atoms with van der Waals surface area (Å²) in [6, 6.07) is 12.2. The third kappa shape index (κ3) is 3.44. The summed E-state index contributed by atoms with van der Waals surface area (Å²) in [5.41, 5.74) is 1.78. The molecule has 4 heteroatoms. The van der Waals surface area contributed by atoms with Gasteiger partial charge < -0.3 is 15.5 Å². The number of hydrogen-bond donors (Lipinski definition) is 3. The van der Waals surface area contributed by atoms with Gasteiger partial charge in [-0.2, -0.15) is 0 Å². The minimum absolute atomic E-state index is 0.0900. The predicted molar refractivity (Wildman–Crippen MR) is 81.2 cm³/mol. The van der Waals surface area contributed by atoms with Crippen molar-refractivity contribution in [3.63, 3.8) is 0 Å². The third-order valence-electron chi connectivity index (χ3n) is 3.35. The summed E-state index contributed by atoms with van der Waals surface area (Å²) in [6.07, 6.45) is 0. The highest BCUT2D eigenvalue weighted by Crippen LogP contribution is 2.29. The van der Waals surface area contributed by atoms with E-state index in [1.54, 1.807) is 6.07 Å². The maximum Gasteiger partial charge on any atom is 0.120 e. The number of hydrogen-bond acceptors (Lipinski definition) is 3. The summed E-state index contributed by atoms with van der Waals surface area (Å²) < 4.78 is 0. The van der Waals surface area contributed by atoms with Crippen molar-refractivity contribution >= 4 is 11.6 Å². The van der Waals surface area contributed by atoms with E-state index >= 15 is 0 Å². The van der Waals surface area contributed by atoms with Crippen molar-refractivity contribution in [2.75, 3.05) is 0 Å². The van der Waals surface area contributed by atoms with E-state index in [0.717, 1.165) is 5.56 Å². The molecule has 0 amide bonds. The maximum absolute atomic E-state index is 9.86. The maximum atomic E-state index is 9.86. The molecule has 1 unspecified atom stereocenters. The molecule has 20 heavy (non-hydrogen) atoms. The molecule has 0 bridgehead atoms. The van der Waals surface area contributed by atoms with Gasteiger partial charge in [0, 0.05) is 22.7 Å². The highest BCUT2D eigenvalue weighted by atomic mass is 35.5. The second-order valence-electron chi connectivity index (χ2n) is 4.90. The van der Waals surface area contributed by atoms with Crippen molar-refractivity contribution in [1.29, 1.82) is 0 Å². The van der Waals surface area contributed by atoms with Gasteiger partial charge in [-0.3, -0.25) is 0 Å². The van der Waals surface area contributed by atoms with Gasteiger partial charge in [0.05, 0.1) is 0 Å². The molecule has 2 rings (SSSR count). The Morgan fingerprint density at radius 3 is 2.25 bits per heavy atom. The lowest BCUT2D eigenvalue weighted by Crippen LogP contribution is -2.22. The second kappa shape index (κ2) is 6.16. The van der Waals surface area contributed by atoms with Crippen LogP contribution >= 0.6 is 11.6 Å². The molecule has 106 valence electrons. The van der Waals surface area contributed by atoms with Crippen LogP contribution in [-0.2, 0) is 0 Å². The molecule has 2 aromatic rings. The number of halogens is 1. The van der Waals surface area contributed by atoms with Crippen LogP contribution in [0.5, 0.6) is 11.5 Å². The summed E-state index contributed by atoms with van der Waals surface area (Å²) in [6.45, 7) is 3.99. The molecule has 3 N–H and O–H groups in total. The Balaban J connectivity index is 2.12. The van der Waals surface area contributed by atoms with E-state index in [2.05, 4.69) is 5.32 Å². The monoisotopic (exact) mass is 291 g/mol. The number of aromatic hydroxyl groups is 2. The van der Waals surface area contributed by atoms with Gasteiger partial charge in [0.1, 0.15) is 11.5 Å². The first-order chi connectivity index (χ1) is 9.47. The van der Waals surface area contributed by atoms with Crippen LogP contribution in [0.4, 0.5) is 0 Å². The summed E-state index contributed by atoms with van der Waals surface area (Å²) in [5.74, 6) is 0.316. The molecule has 0 radical (unpaired) electrons. The fourth-order valence-electron chi connectivity index (χ4n) is 2.20. The van der Waals surface area contributed by atoms with Crippen LogP contribution in [0.15, 0.2) is 42.5 Å². The molecule has 0 spiro atoms. The SMILES string of the molecule is CC(N[C@H](C)c1ccc(Cl)cc1)c1cc(O)ccc1O. The average molecular weight is 292 g/mol. The number of rotatable bonds is 4. The summed E-state index contributed by atoms with van der Waals surface area (Å²) in [4.78, 5) is 0. The molecule has 0 aliphatic carbocycles. The molecule has 0 aliphatic rings. The van der Waals surface area contributed by atoms with Gasteiger partial charge in [0.25, 0.3) is 0 Å². The first kappa shape index (κ1) is 14.7. The van der Waals surface area contributed by atoms with Crippen LogP contribution in [0, 0.1) is 0 Å². The minimum atomic E-state index is -0.0900. The third-order valence-corrected chi connectivity index (χ3v) is 3.60. The Morgan fingerprint density at radius 2 is 1.60 bits per heavy atom. The molecule has 3 nitrogen and oxygen atoms in total. The number of phenols is 2. The molecule has 0 saturated carbocycles. The van der Waals surface area contributed by atoms with E-state index in [9.17, 15) is 10.2 Å². The predicted octanol–water partition coefficient (Wildman–Crippen LogP) is 4.16. The Morgan fingerprint density at radius 1 is 0.950 bits per heavy atom. The van der Waals surface area contributed by atoms with E-state index in [0.29, 0.717) is 10.6 Å². The highest BCUT2D eigenvalue weighted by molar-refractivity contribution is 6.30. The molecule has 0 aromatic heterocycles. The zero-order chi connectivity index (χ0) is 14.7. The highest BCUT2D eigenvalue weighted by Gasteiger charge is 2.14. The second-order valence-corrected chi connectivity index (χ2v) is 5.34. The number of phenolic OH excluding ortho intramolecular Hbond substituents is 2. The van der Waals surface area contributed by atoms with Gasteiger partial charge in [0.2, 0.25) is 0 Å². The quantitative estimate of drug-likeness (QED) is 0.741. The molecule has 0 aliphatic heterocycles. The molecular weight excluding hydrogens is 274 g/mol. The molecule has 0 saturated heterocycles. The van der Waals surface area contributed by atoms with Gasteiger partial charge in [-0.1, -0.05) is 23.7 Å². The lowest BCUT2D eigenvalue weighted by Gasteiger charge is -2.21. The van der Waals surface area contributed by atoms with E-state index in [4.69, 9.17) is 11.6 Å². The van der Waals surface area contributed by atoms with Crippen molar-refractivity contribution in [2.45, 2.75) is 25.9 Å². The van der Waals surface area contributed by atoms with Crippen molar-refractivity contribution in [3.05, 3.63) is 58.6 Å². The molecule has 0 fully saturated rings. The van der Waals surface area contributed by atoms with Crippen molar-refractivity contribution < 1.29 is 10.2 Å². The van der Waals surface area contributed by atoms with Crippen LogP contribution in [-0.4, -0.2) is 10.2 Å². The van der Waals surface area contributed by atoms with E-state index in [-0.39, 0.29) is 23.6 Å². The van der Waals surface area contributed by atoms with Crippen LogP contribution in [0.2, 0.25) is 5.02 Å². The first-order valence-electron chi connectivity index (χ1n) is 6.50. The first-order valence-corrected chi connectivity index (χ1v) is 6.88. The van der Waals surface area contributed by atoms with Gasteiger partial charge in [0.15, 0.2) is 0 Å². The summed E-state index contributed by atoms with van der Waals surface area (Å²) in [5, 5.41) is 23.5. The standard InChI is InChI=1S/C16H18ClNO2/c1-10(12-3-5-13(17)6-4-12)18-11(2)15-9-14(19)7-8-16(15)20/h3-11,18-20H,1-2H3/t10-,11?/m1/s1. The Hall–Kier alpha value is -1.71. The summed E-state index contributed by atoms with van der Waals surface area (Å²) in [7, 11) is 0. The van der Waals surface area contributed by atoms with Gasteiger partial charge in [-0.15, -0.1) is 0 Å². The lowest BCUT2D eigenvalue weighted by molar-refractivity contribution is 0.429. The van der Waals surface area contributed by atoms with Gasteiger partial charge in [-0.05, 0) is 49.7 Å². The zero-order valence-corrected chi connectivity index (χ0v) is 12.2. The van der Waals surface area contributed by atoms with Crippen LogP contribution in [0.3, 0.4) is 0 Å². The van der Waals surface area contributed by atoms with Crippen LogP contribution in [0.25, 0.3) is 0 Å². The molecule has 2 aromatic carbocycles. The smallest absolute Gasteiger partial charge is 0.120 e. The molecular formula is C16H18ClNO2. The number of nitrogens with one attached hydrogen (secondary N) is 1. The fourth-order valence-corrected chi connectivity index (χ4v) is 2.33. The lowest BCUT2D eigenvalue weighted by atomic mass is 10.0. The Kier molecular flexibility index (Phi) is 4.53. The van der Waals surface area contributed by atoms with Crippen molar-refractivity contribution in [3.8, 4) is 11.5 Å². The molecule has 2 atom stereocenters. The van der Waals surface area contributed by atoms with Gasteiger partial charge >= 0.3 is 0 Å². The zero-order valence-electron chi connectivity index (χ0n) is 11.5. The topological polar surface area (TPSA) is 52.5 Å². The van der Waals surface area contributed by atoms with Crippen LogP contribution in [0.1, 0.15) is 37.1 Å². The van der Waals surface area contributed by atoms with Crippen molar-refractivity contribution in [2.24, 2.45) is 0 Å². The van der Waals surface area contributed by atoms with Crippen LogP contribution < -0.4 is 5.32 Å². The Bertz CT molecular complexity index is 584. The summed E-state index contributed by atoms with van der Waals surface area (Å²) >= 11 is 5.87.